The highest BCUT2D eigenvalue weighted by molar-refractivity contribution is 6.05. The largest absolute Gasteiger partial charge is 0.296 e. The predicted octanol–water partition coefficient (Wildman–Crippen LogP) is 2.05. The third-order valence-electron chi connectivity index (χ3n) is 2.02. The molecule has 0 unspecified atom stereocenters. The number of benzene rings is 2. The molecule has 0 atom stereocenters. The van der Waals surface area contributed by atoms with Crippen LogP contribution in [0.2, 0.25) is 0 Å². The minimum atomic E-state index is -0.878. The Morgan fingerprint density at radius 2 is 1.69 bits per heavy atom. The van der Waals surface area contributed by atoms with E-state index in [1.807, 2.05) is 30.3 Å². The van der Waals surface area contributed by atoms with Gasteiger partial charge in [-0.15, -0.1) is 5.73 Å². The van der Waals surface area contributed by atoms with Crippen LogP contribution in [0.3, 0.4) is 0 Å². The van der Waals surface area contributed by atoms with Crippen molar-refractivity contribution in [2.24, 2.45) is 0 Å². The molecule has 0 fully saturated rings. The lowest BCUT2D eigenvalue weighted by molar-refractivity contribution is 0.0993. The van der Waals surface area contributed by atoms with E-state index in [1.165, 1.54) is 0 Å². The van der Waals surface area contributed by atoms with Crippen molar-refractivity contribution < 1.29 is 4.79 Å². The molecule has 0 aromatic heterocycles. The van der Waals surface area contributed by atoms with Gasteiger partial charge >= 0.3 is 0 Å². The first-order chi connectivity index (χ1) is 6.29. The van der Waals surface area contributed by atoms with E-state index in [1.54, 1.807) is 12.1 Å². The van der Waals surface area contributed by atoms with Crippen LogP contribution in [0.1, 0.15) is 10.4 Å². The summed E-state index contributed by atoms with van der Waals surface area (Å²) in [5, 5.41) is 1.75. The highest BCUT2D eigenvalue weighted by atomic mass is 16.1. The molecule has 1 amide bonds. The van der Waals surface area contributed by atoms with Crippen molar-refractivity contribution in [3.8, 4) is 0 Å². The molecule has 0 saturated heterocycles. The predicted molar refractivity (Wildman–Crippen MR) is 50.4 cm³/mol. The van der Waals surface area contributed by atoms with E-state index in [0.29, 0.717) is 5.56 Å². The number of hydrogen-bond donors (Lipinski definition) is 0. The molecule has 0 aliphatic carbocycles. The van der Waals surface area contributed by atoms with Crippen LogP contribution in [-0.2, 0) is 0 Å². The second kappa shape index (κ2) is 2.90. The molecule has 2 aromatic rings. The van der Waals surface area contributed by atoms with Gasteiger partial charge in [-0.1, -0.05) is 36.4 Å². The smallest absolute Gasteiger partial charge is 0.265 e. The highest BCUT2D eigenvalue weighted by Crippen LogP contribution is 2.17. The molecule has 0 saturated carbocycles. The van der Waals surface area contributed by atoms with E-state index in [0.717, 1.165) is 10.8 Å². The van der Waals surface area contributed by atoms with Gasteiger partial charge in [0.1, 0.15) is 0 Å². The summed E-state index contributed by atoms with van der Waals surface area (Å²) in [5.74, 6) is -0.878. The number of fused-ring (bicyclic) bond motifs is 1. The number of hydrogen-bond acceptors (Lipinski definition) is 1. The molecule has 0 heterocycles. The number of carbonyl (C=O) groups excluding carboxylic acids is 1. The third-order valence-corrected chi connectivity index (χ3v) is 2.02. The Morgan fingerprint density at radius 3 is 2.46 bits per heavy atom. The van der Waals surface area contributed by atoms with Crippen LogP contribution >= 0.6 is 0 Å². The number of carbonyl (C=O) groups is 1. The average Bonchev–Trinajstić information content (AvgIpc) is 2.17. The van der Waals surface area contributed by atoms with Crippen LogP contribution in [-0.4, -0.2) is 5.91 Å². The minimum Gasteiger partial charge on any atom is -0.265 e. The molecule has 13 heavy (non-hydrogen) atoms. The van der Waals surface area contributed by atoms with Gasteiger partial charge in [-0.3, -0.25) is 4.79 Å². The molecule has 2 heteroatoms. The van der Waals surface area contributed by atoms with Crippen LogP contribution in [0.15, 0.2) is 42.5 Å². The Labute approximate surface area is 76.0 Å². The number of rotatable bonds is 1. The van der Waals surface area contributed by atoms with Gasteiger partial charge in [0.2, 0.25) is 0 Å². The van der Waals surface area contributed by atoms with Crippen molar-refractivity contribution in [3.05, 3.63) is 48.0 Å². The molecule has 2 radical (unpaired) electrons. The molecule has 0 N–H and O–H groups in total. The van der Waals surface area contributed by atoms with Crippen LogP contribution in [0.5, 0.6) is 0 Å². The fourth-order valence-electron chi connectivity index (χ4n) is 1.41. The van der Waals surface area contributed by atoms with Crippen molar-refractivity contribution in [1.82, 2.24) is 5.73 Å². The summed E-state index contributed by atoms with van der Waals surface area (Å²) < 4.78 is 0. The first kappa shape index (κ1) is 7.80. The minimum absolute atomic E-state index is 0.359. The summed E-state index contributed by atoms with van der Waals surface area (Å²) in [5.41, 5.74) is 9.24. The number of amides is 1. The summed E-state index contributed by atoms with van der Waals surface area (Å²) in [6.45, 7) is 0. The molecule has 2 rings (SSSR count). The molecule has 2 aromatic carbocycles. The standard InChI is InChI=1S/C11H7NO/c12-11(13)10-7-3-5-8-4-1-2-6-9(8)10/h1-7H. The van der Waals surface area contributed by atoms with Crippen LogP contribution in [0, 0.1) is 0 Å². The molecule has 0 spiro atoms. The zero-order valence-electron chi connectivity index (χ0n) is 6.90. The fraction of sp³-hybridized carbons (Fsp3) is 0. The van der Waals surface area contributed by atoms with Gasteiger partial charge in [-0.25, -0.2) is 0 Å². The first-order valence-electron chi connectivity index (χ1n) is 4.00. The normalized spacial score (nSPS) is 10.2. The zero-order valence-corrected chi connectivity index (χ0v) is 6.90. The lowest BCUT2D eigenvalue weighted by atomic mass is 10.0. The second-order valence-electron chi connectivity index (χ2n) is 2.83. The van der Waals surface area contributed by atoms with Gasteiger partial charge in [0.15, 0.2) is 0 Å². The average molecular weight is 169 g/mol. The molecule has 2 nitrogen and oxygen atoms in total. The lowest BCUT2D eigenvalue weighted by Crippen LogP contribution is -1.99. The lowest BCUT2D eigenvalue weighted by Gasteiger charge is -1.99. The summed E-state index contributed by atoms with van der Waals surface area (Å²) in [7, 11) is 0. The Bertz CT molecular complexity index is 457. The van der Waals surface area contributed by atoms with E-state index >= 15 is 0 Å². The van der Waals surface area contributed by atoms with Crippen molar-refractivity contribution in [1.29, 1.82) is 0 Å². The summed E-state index contributed by atoms with van der Waals surface area (Å²) >= 11 is 0. The molecule has 0 aliphatic rings. The van der Waals surface area contributed by atoms with Crippen LogP contribution in [0.25, 0.3) is 10.8 Å². The molecular formula is C11H7NO. The quantitative estimate of drug-likeness (QED) is 0.643. The van der Waals surface area contributed by atoms with Crippen LogP contribution in [0.4, 0.5) is 0 Å². The van der Waals surface area contributed by atoms with Gasteiger partial charge < -0.3 is 0 Å². The second-order valence-corrected chi connectivity index (χ2v) is 2.83. The SMILES string of the molecule is [N]C(=O)c1cccc2ccccc12. The Balaban J connectivity index is 2.83. The van der Waals surface area contributed by atoms with Gasteiger partial charge in [-0.2, -0.15) is 0 Å². The molecule has 0 aliphatic heterocycles. The molecule has 0 bridgehead atoms. The van der Waals surface area contributed by atoms with Crippen molar-refractivity contribution >= 4 is 16.7 Å². The Morgan fingerprint density at radius 1 is 1.00 bits per heavy atom. The maximum atomic E-state index is 10.8. The zero-order chi connectivity index (χ0) is 9.26. The summed E-state index contributed by atoms with van der Waals surface area (Å²) in [6.07, 6.45) is 0. The van der Waals surface area contributed by atoms with E-state index in [9.17, 15) is 4.79 Å². The highest BCUT2D eigenvalue weighted by Gasteiger charge is 2.05. The Hall–Kier alpha value is -1.83. The van der Waals surface area contributed by atoms with Crippen molar-refractivity contribution in [3.63, 3.8) is 0 Å². The van der Waals surface area contributed by atoms with Crippen molar-refractivity contribution in [2.45, 2.75) is 0 Å². The third kappa shape index (κ3) is 1.26. The fourth-order valence-corrected chi connectivity index (χ4v) is 1.41. The van der Waals surface area contributed by atoms with Gasteiger partial charge in [0, 0.05) is 0 Å². The van der Waals surface area contributed by atoms with E-state index < -0.39 is 5.91 Å². The van der Waals surface area contributed by atoms with Gasteiger partial charge in [0.25, 0.3) is 5.91 Å². The summed E-state index contributed by atoms with van der Waals surface area (Å²) in [6, 6.07) is 12.7. The maximum Gasteiger partial charge on any atom is 0.296 e. The van der Waals surface area contributed by atoms with Gasteiger partial charge in [-0.05, 0) is 16.8 Å². The Kier molecular flexibility index (Phi) is 1.74. The molecule has 62 valence electrons. The van der Waals surface area contributed by atoms with Crippen LogP contribution < -0.4 is 5.73 Å². The number of nitrogens with zero attached hydrogens (tertiary/aromatic N) is 1. The monoisotopic (exact) mass is 169 g/mol. The topological polar surface area (TPSA) is 39.4 Å². The van der Waals surface area contributed by atoms with E-state index in [2.05, 4.69) is 0 Å². The van der Waals surface area contributed by atoms with Crippen molar-refractivity contribution in [2.75, 3.05) is 0 Å². The first-order valence-corrected chi connectivity index (χ1v) is 4.00. The maximum absolute atomic E-state index is 10.8. The summed E-state index contributed by atoms with van der Waals surface area (Å²) in [4.78, 5) is 10.8. The van der Waals surface area contributed by atoms with E-state index in [4.69, 9.17) is 5.73 Å². The van der Waals surface area contributed by atoms with E-state index in [-0.39, 0.29) is 0 Å². The molecular weight excluding hydrogens is 162 g/mol. The van der Waals surface area contributed by atoms with Gasteiger partial charge in [0.05, 0.1) is 5.56 Å².